The minimum Gasteiger partial charge on any atom is -0.497 e. The van der Waals surface area contributed by atoms with Crippen molar-refractivity contribution in [3.8, 4) is 11.5 Å². The van der Waals surface area contributed by atoms with E-state index in [-0.39, 0.29) is 12.5 Å². The van der Waals surface area contributed by atoms with E-state index in [1.54, 1.807) is 14.2 Å². The molecule has 1 saturated heterocycles. The molecule has 0 spiro atoms. The van der Waals surface area contributed by atoms with Gasteiger partial charge in [-0.1, -0.05) is 6.92 Å². The van der Waals surface area contributed by atoms with Gasteiger partial charge in [0.25, 0.3) is 0 Å². The van der Waals surface area contributed by atoms with Crippen molar-refractivity contribution in [2.24, 2.45) is 0 Å². The minimum atomic E-state index is 0.112. The number of carbonyl (C=O) groups excluding carboxylic acids is 1. The Bertz CT molecular complexity index is 499. The average molecular weight is 307 g/mol. The van der Waals surface area contributed by atoms with E-state index in [9.17, 15) is 4.79 Å². The third-order valence-corrected chi connectivity index (χ3v) is 4.01. The van der Waals surface area contributed by atoms with Crippen LogP contribution in [0.1, 0.15) is 6.92 Å². The first-order valence-electron chi connectivity index (χ1n) is 7.64. The lowest BCUT2D eigenvalue weighted by molar-refractivity contribution is -0.131. The van der Waals surface area contributed by atoms with Crippen LogP contribution in [0.25, 0.3) is 0 Å². The first kappa shape index (κ1) is 16.4. The van der Waals surface area contributed by atoms with Gasteiger partial charge in [-0.3, -0.25) is 4.79 Å². The standard InChI is InChI=1S/C16H25N3O3/c1-4-18-7-9-19(10-8-18)16(20)12-17-14-11-13(21-2)5-6-15(14)22-3/h5-6,11,17H,4,7-10,12H2,1-3H3. The first-order valence-corrected chi connectivity index (χ1v) is 7.64. The zero-order valence-electron chi connectivity index (χ0n) is 13.6. The van der Waals surface area contributed by atoms with Crippen LogP contribution in [0.3, 0.4) is 0 Å². The Hall–Kier alpha value is -1.95. The fourth-order valence-electron chi connectivity index (χ4n) is 2.55. The molecule has 1 N–H and O–H groups in total. The summed E-state index contributed by atoms with van der Waals surface area (Å²) in [4.78, 5) is 16.6. The molecular formula is C16H25N3O3. The molecule has 0 unspecified atom stereocenters. The van der Waals surface area contributed by atoms with E-state index in [1.165, 1.54) is 0 Å². The van der Waals surface area contributed by atoms with Crippen LogP contribution in [-0.4, -0.2) is 69.2 Å². The predicted octanol–water partition coefficient (Wildman–Crippen LogP) is 1.28. The second-order valence-corrected chi connectivity index (χ2v) is 5.23. The molecule has 1 aliphatic rings. The number of nitrogens with zero attached hydrogens (tertiary/aromatic N) is 2. The monoisotopic (exact) mass is 307 g/mol. The topological polar surface area (TPSA) is 54.0 Å². The molecular weight excluding hydrogens is 282 g/mol. The summed E-state index contributed by atoms with van der Waals surface area (Å²) in [6.45, 7) is 6.94. The number of anilines is 1. The number of hydrogen-bond acceptors (Lipinski definition) is 5. The van der Waals surface area contributed by atoms with Crippen LogP contribution in [0.5, 0.6) is 11.5 Å². The summed E-state index contributed by atoms with van der Waals surface area (Å²) in [5, 5.41) is 3.15. The van der Waals surface area contributed by atoms with Gasteiger partial charge in [0.15, 0.2) is 0 Å². The SMILES string of the molecule is CCN1CCN(C(=O)CNc2cc(OC)ccc2OC)CC1. The van der Waals surface area contributed by atoms with Crippen LogP contribution in [0.2, 0.25) is 0 Å². The van der Waals surface area contributed by atoms with Crippen LogP contribution in [0.15, 0.2) is 18.2 Å². The Morgan fingerprint density at radius 3 is 2.50 bits per heavy atom. The zero-order valence-corrected chi connectivity index (χ0v) is 13.6. The Labute approximate surface area is 132 Å². The quantitative estimate of drug-likeness (QED) is 0.858. The van der Waals surface area contributed by atoms with Crippen LogP contribution < -0.4 is 14.8 Å². The Morgan fingerprint density at radius 1 is 1.18 bits per heavy atom. The molecule has 1 aromatic carbocycles. The van der Waals surface area contributed by atoms with Gasteiger partial charge in [-0.05, 0) is 18.7 Å². The Kier molecular flexibility index (Phi) is 5.89. The van der Waals surface area contributed by atoms with Gasteiger partial charge in [-0.15, -0.1) is 0 Å². The van der Waals surface area contributed by atoms with Gasteiger partial charge in [0.2, 0.25) is 5.91 Å². The fourth-order valence-corrected chi connectivity index (χ4v) is 2.55. The van der Waals surface area contributed by atoms with Gasteiger partial charge < -0.3 is 24.6 Å². The maximum atomic E-state index is 12.3. The highest BCUT2D eigenvalue weighted by Crippen LogP contribution is 2.28. The van der Waals surface area contributed by atoms with Gasteiger partial charge in [-0.2, -0.15) is 0 Å². The molecule has 0 bridgehead atoms. The van der Waals surface area contributed by atoms with Crippen molar-refractivity contribution in [2.75, 3.05) is 58.8 Å². The Morgan fingerprint density at radius 2 is 1.91 bits per heavy atom. The van der Waals surface area contributed by atoms with Crippen molar-refractivity contribution in [2.45, 2.75) is 6.92 Å². The van der Waals surface area contributed by atoms with E-state index in [4.69, 9.17) is 9.47 Å². The van der Waals surface area contributed by atoms with E-state index >= 15 is 0 Å². The molecule has 1 fully saturated rings. The lowest BCUT2D eigenvalue weighted by atomic mass is 10.2. The number of nitrogens with one attached hydrogen (secondary N) is 1. The molecule has 6 nitrogen and oxygen atoms in total. The molecule has 0 aliphatic carbocycles. The van der Waals surface area contributed by atoms with Crippen LogP contribution in [0.4, 0.5) is 5.69 Å². The normalized spacial score (nSPS) is 15.5. The molecule has 0 atom stereocenters. The molecule has 1 heterocycles. The lowest BCUT2D eigenvalue weighted by Gasteiger charge is -2.34. The van der Waals surface area contributed by atoms with E-state index in [0.29, 0.717) is 5.75 Å². The van der Waals surface area contributed by atoms with Crippen LogP contribution in [-0.2, 0) is 4.79 Å². The first-order chi connectivity index (χ1) is 10.7. The van der Waals surface area contributed by atoms with Gasteiger partial charge in [-0.25, -0.2) is 0 Å². The van der Waals surface area contributed by atoms with Gasteiger partial charge in [0.05, 0.1) is 26.5 Å². The molecule has 6 heteroatoms. The summed E-state index contributed by atoms with van der Waals surface area (Å²) < 4.78 is 10.5. The van der Waals surface area contributed by atoms with Gasteiger partial charge in [0.1, 0.15) is 11.5 Å². The highest BCUT2D eigenvalue weighted by atomic mass is 16.5. The molecule has 1 aromatic rings. The molecule has 22 heavy (non-hydrogen) atoms. The third kappa shape index (κ3) is 4.04. The highest BCUT2D eigenvalue weighted by Gasteiger charge is 2.20. The number of methoxy groups -OCH3 is 2. The summed E-state index contributed by atoms with van der Waals surface area (Å²) >= 11 is 0. The average Bonchev–Trinajstić information content (AvgIpc) is 2.59. The maximum Gasteiger partial charge on any atom is 0.241 e. The molecule has 122 valence electrons. The highest BCUT2D eigenvalue weighted by molar-refractivity contribution is 5.81. The van der Waals surface area contributed by atoms with Crippen molar-refractivity contribution in [1.29, 1.82) is 0 Å². The van der Waals surface area contributed by atoms with Crippen LogP contribution >= 0.6 is 0 Å². The lowest BCUT2D eigenvalue weighted by Crippen LogP contribution is -2.49. The molecule has 1 aliphatic heterocycles. The van der Waals surface area contributed by atoms with E-state index in [2.05, 4.69) is 17.1 Å². The second kappa shape index (κ2) is 7.89. The van der Waals surface area contributed by atoms with E-state index < -0.39 is 0 Å². The molecule has 0 saturated carbocycles. The molecule has 1 amide bonds. The molecule has 2 rings (SSSR count). The summed E-state index contributed by atoms with van der Waals surface area (Å²) in [5.41, 5.74) is 0.766. The zero-order chi connectivity index (χ0) is 15.9. The number of carbonyl (C=O) groups is 1. The third-order valence-electron chi connectivity index (χ3n) is 4.01. The maximum absolute atomic E-state index is 12.3. The van der Waals surface area contributed by atoms with Crippen molar-refractivity contribution in [3.05, 3.63) is 18.2 Å². The van der Waals surface area contributed by atoms with Crippen LogP contribution in [0, 0.1) is 0 Å². The van der Waals surface area contributed by atoms with Crippen molar-refractivity contribution < 1.29 is 14.3 Å². The number of hydrogen-bond donors (Lipinski definition) is 1. The number of likely N-dealkylation sites (N-methyl/N-ethyl adjacent to an activating group) is 1. The number of rotatable bonds is 6. The Balaban J connectivity index is 1.91. The fraction of sp³-hybridized carbons (Fsp3) is 0.562. The predicted molar refractivity (Wildman–Crippen MR) is 86.7 cm³/mol. The van der Waals surface area contributed by atoms with Crippen molar-refractivity contribution in [1.82, 2.24) is 9.80 Å². The number of piperazine rings is 1. The number of amides is 1. The number of ether oxygens (including phenoxy) is 2. The molecule has 0 aromatic heterocycles. The summed E-state index contributed by atoms with van der Waals surface area (Å²) in [7, 11) is 3.22. The van der Waals surface area contributed by atoms with E-state index in [1.807, 2.05) is 23.1 Å². The summed E-state index contributed by atoms with van der Waals surface area (Å²) in [5.74, 6) is 1.54. The van der Waals surface area contributed by atoms with Gasteiger partial charge in [0, 0.05) is 32.2 Å². The van der Waals surface area contributed by atoms with Crippen molar-refractivity contribution >= 4 is 11.6 Å². The smallest absolute Gasteiger partial charge is 0.241 e. The van der Waals surface area contributed by atoms with Gasteiger partial charge >= 0.3 is 0 Å². The van der Waals surface area contributed by atoms with Crippen molar-refractivity contribution in [3.63, 3.8) is 0 Å². The minimum absolute atomic E-state index is 0.112. The molecule has 0 radical (unpaired) electrons. The largest absolute Gasteiger partial charge is 0.497 e. The summed E-state index contributed by atoms with van der Waals surface area (Å²) in [6, 6.07) is 5.49. The summed E-state index contributed by atoms with van der Waals surface area (Å²) in [6.07, 6.45) is 0. The number of benzene rings is 1. The second-order valence-electron chi connectivity index (χ2n) is 5.23. The van der Waals surface area contributed by atoms with E-state index in [0.717, 1.165) is 44.2 Å².